The molecule has 7 heteroatoms. The van der Waals surface area contributed by atoms with E-state index >= 15 is 0 Å². The summed E-state index contributed by atoms with van der Waals surface area (Å²) in [5, 5.41) is 9.99. The van der Waals surface area contributed by atoms with Crippen LogP contribution in [0.3, 0.4) is 0 Å². The number of nitrogens with zero attached hydrogens (tertiary/aromatic N) is 3. The Morgan fingerprint density at radius 2 is 2.00 bits per heavy atom. The van der Waals surface area contributed by atoms with Crippen molar-refractivity contribution in [2.75, 3.05) is 13.2 Å². The van der Waals surface area contributed by atoms with Crippen molar-refractivity contribution >= 4 is 11.8 Å². The molecule has 148 valence electrons. The van der Waals surface area contributed by atoms with Gasteiger partial charge >= 0.3 is 0 Å². The quantitative estimate of drug-likeness (QED) is 0.543. The molecule has 5 nitrogen and oxygen atoms in total. The monoisotopic (exact) mass is 401 g/mol. The Morgan fingerprint density at radius 3 is 2.68 bits per heavy atom. The SMILES string of the molecule is CC(C)c1nc(COCCO)n(Cc2ccncc2)c1Sc1cccc(F)c1. The highest BCUT2D eigenvalue weighted by molar-refractivity contribution is 7.99. The average Bonchev–Trinajstić information content (AvgIpc) is 3.01. The van der Waals surface area contributed by atoms with E-state index in [2.05, 4.69) is 23.4 Å². The Labute approximate surface area is 168 Å². The summed E-state index contributed by atoms with van der Waals surface area (Å²) in [4.78, 5) is 9.72. The van der Waals surface area contributed by atoms with E-state index in [1.807, 2.05) is 18.2 Å². The molecule has 28 heavy (non-hydrogen) atoms. The van der Waals surface area contributed by atoms with E-state index in [9.17, 15) is 4.39 Å². The molecule has 0 saturated carbocycles. The number of pyridine rings is 1. The maximum absolute atomic E-state index is 13.7. The molecule has 2 heterocycles. The smallest absolute Gasteiger partial charge is 0.136 e. The van der Waals surface area contributed by atoms with Crippen LogP contribution in [0.2, 0.25) is 0 Å². The van der Waals surface area contributed by atoms with E-state index in [-0.39, 0.29) is 24.9 Å². The number of aliphatic hydroxyl groups is 1. The average molecular weight is 402 g/mol. The third-order valence-corrected chi connectivity index (χ3v) is 5.25. The summed E-state index contributed by atoms with van der Waals surface area (Å²) in [5.41, 5.74) is 2.04. The summed E-state index contributed by atoms with van der Waals surface area (Å²) in [6, 6.07) is 10.5. The third-order valence-electron chi connectivity index (χ3n) is 4.14. The molecule has 0 aliphatic carbocycles. The lowest BCUT2D eigenvalue weighted by Gasteiger charge is -2.14. The van der Waals surface area contributed by atoms with Crippen molar-refractivity contribution in [2.24, 2.45) is 0 Å². The predicted molar refractivity (Wildman–Crippen MR) is 107 cm³/mol. The lowest BCUT2D eigenvalue weighted by atomic mass is 10.1. The van der Waals surface area contributed by atoms with Crippen LogP contribution >= 0.6 is 11.8 Å². The van der Waals surface area contributed by atoms with Gasteiger partial charge in [-0.25, -0.2) is 9.37 Å². The van der Waals surface area contributed by atoms with Gasteiger partial charge in [-0.1, -0.05) is 31.7 Å². The Balaban J connectivity index is 2.02. The van der Waals surface area contributed by atoms with Crippen molar-refractivity contribution in [1.82, 2.24) is 14.5 Å². The van der Waals surface area contributed by atoms with E-state index in [0.717, 1.165) is 27.0 Å². The van der Waals surface area contributed by atoms with Gasteiger partial charge in [-0.3, -0.25) is 4.98 Å². The molecule has 1 aromatic carbocycles. The Morgan fingerprint density at radius 1 is 1.21 bits per heavy atom. The molecule has 0 radical (unpaired) electrons. The van der Waals surface area contributed by atoms with Crippen LogP contribution in [-0.2, 0) is 17.9 Å². The topological polar surface area (TPSA) is 60.2 Å². The van der Waals surface area contributed by atoms with Crippen molar-refractivity contribution in [3.8, 4) is 0 Å². The first kappa shape index (κ1) is 20.5. The van der Waals surface area contributed by atoms with Crippen LogP contribution in [0.4, 0.5) is 4.39 Å². The van der Waals surface area contributed by atoms with Crippen LogP contribution in [0.15, 0.2) is 58.7 Å². The number of rotatable bonds is 9. The highest BCUT2D eigenvalue weighted by Crippen LogP contribution is 2.35. The number of hydrogen-bond acceptors (Lipinski definition) is 5. The van der Waals surface area contributed by atoms with Crippen LogP contribution < -0.4 is 0 Å². The molecule has 0 atom stereocenters. The standard InChI is InChI=1S/C21H24FN3O2S/c1-15(2)20-21(28-18-5-3-4-17(22)12-18)25(13-16-6-8-23-9-7-16)19(24-20)14-27-11-10-26/h3-9,12,15,26H,10-11,13-14H2,1-2H3. The van der Waals surface area contributed by atoms with E-state index in [4.69, 9.17) is 14.8 Å². The molecule has 3 rings (SSSR count). The number of hydrogen-bond donors (Lipinski definition) is 1. The van der Waals surface area contributed by atoms with Crippen LogP contribution in [0.5, 0.6) is 0 Å². The zero-order valence-electron chi connectivity index (χ0n) is 16.0. The lowest BCUT2D eigenvalue weighted by molar-refractivity contribution is 0.0759. The van der Waals surface area contributed by atoms with Crippen molar-refractivity contribution in [2.45, 2.75) is 42.8 Å². The summed E-state index contributed by atoms with van der Waals surface area (Å²) in [7, 11) is 0. The van der Waals surface area contributed by atoms with Crippen LogP contribution in [0.25, 0.3) is 0 Å². The first-order valence-electron chi connectivity index (χ1n) is 9.18. The predicted octanol–water partition coefficient (Wildman–Crippen LogP) is 4.25. The molecule has 0 fully saturated rings. The normalized spacial score (nSPS) is 11.3. The molecule has 0 saturated heterocycles. The summed E-state index contributed by atoms with van der Waals surface area (Å²) >= 11 is 1.50. The van der Waals surface area contributed by atoms with Crippen molar-refractivity contribution in [1.29, 1.82) is 0 Å². The van der Waals surface area contributed by atoms with E-state index in [1.54, 1.807) is 18.5 Å². The summed E-state index contributed by atoms with van der Waals surface area (Å²) < 4.78 is 21.4. The van der Waals surface area contributed by atoms with Gasteiger partial charge < -0.3 is 14.4 Å². The minimum Gasteiger partial charge on any atom is -0.394 e. The molecule has 0 spiro atoms. The molecule has 0 amide bonds. The maximum atomic E-state index is 13.7. The second-order valence-corrected chi connectivity index (χ2v) is 7.71. The third kappa shape index (κ3) is 5.19. The number of benzene rings is 1. The number of aliphatic hydroxyl groups excluding tert-OH is 1. The van der Waals surface area contributed by atoms with Crippen LogP contribution in [-0.4, -0.2) is 32.9 Å². The fourth-order valence-corrected chi connectivity index (χ4v) is 4.01. The number of imidazole rings is 1. The first-order valence-corrected chi connectivity index (χ1v) is 10.0. The second-order valence-electron chi connectivity index (χ2n) is 6.65. The molecule has 0 aliphatic rings. The molecule has 0 unspecified atom stereocenters. The first-order chi connectivity index (χ1) is 13.6. The molecule has 2 aromatic heterocycles. The van der Waals surface area contributed by atoms with Gasteiger partial charge in [0.05, 0.1) is 25.5 Å². The van der Waals surface area contributed by atoms with Gasteiger partial charge in [0.25, 0.3) is 0 Å². The molecule has 1 N–H and O–H groups in total. The van der Waals surface area contributed by atoms with Gasteiger partial charge in [0.15, 0.2) is 0 Å². The number of ether oxygens (including phenoxy) is 1. The van der Waals surface area contributed by atoms with Gasteiger partial charge in [0.1, 0.15) is 23.3 Å². The van der Waals surface area contributed by atoms with Crippen LogP contribution in [0.1, 0.15) is 36.8 Å². The Bertz CT molecular complexity index is 900. The minimum atomic E-state index is -0.261. The Kier molecular flexibility index (Phi) is 7.19. The lowest BCUT2D eigenvalue weighted by Crippen LogP contribution is -2.09. The zero-order chi connectivity index (χ0) is 19.9. The molecule has 0 bridgehead atoms. The molecule has 3 aromatic rings. The van der Waals surface area contributed by atoms with Crippen LogP contribution in [0, 0.1) is 5.82 Å². The highest BCUT2D eigenvalue weighted by Gasteiger charge is 2.21. The number of aromatic nitrogens is 3. The summed E-state index contributed by atoms with van der Waals surface area (Å²) in [6.45, 7) is 5.31. The van der Waals surface area contributed by atoms with Crippen molar-refractivity contribution in [3.05, 3.63) is 71.7 Å². The van der Waals surface area contributed by atoms with Gasteiger partial charge in [-0.2, -0.15) is 0 Å². The zero-order valence-corrected chi connectivity index (χ0v) is 16.8. The molecular weight excluding hydrogens is 377 g/mol. The van der Waals surface area contributed by atoms with E-state index in [0.29, 0.717) is 13.2 Å². The summed E-state index contributed by atoms with van der Waals surface area (Å²) in [5.74, 6) is 0.724. The number of halogens is 1. The van der Waals surface area contributed by atoms with Gasteiger partial charge in [0, 0.05) is 17.3 Å². The van der Waals surface area contributed by atoms with E-state index in [1.165, 1.54) is 23.9 Å². The van der Waals surface area contributed by atoms with E-state index < -0.39 is 0 Å². The minimum absolute atomic E-state index is 0.0347. The highest BCUT2D eigenvalue weighted by atomic mass is 32.2. The van der Waals surface area contributed by atoms with Gasteiger partial charge in [-0.15, -0.1) is 0 Å². The van der Waals surface area contributed by atoms with Gasteiger partial charge in [-0.05, 0) is 41.8 Å². The molecular formula is C21H24FN3O2S. The second kappa shape index (κ2) is 9.82. The van der Waals surface area contributed by atoms with Crippen molar-refractivity contribution in [3.63, 3.8) is 0 Å². The summed E-state index contributed by atoms with van der Waals surface area (Å²) in [6.07, 6.45) is 3.52. The van der Waals surface area contributed by atoms with Gasteiger partial charge in [0.2, 0.25) is 0 Å². The fraction of sp³-hybridized carbons (Fsp3) is 0.333. The fourth-order valence-electron chi connectivity index (χ4n) is 2.80. The largest absolute Gasteiger partial charge is 0.394 e. The van der Waals surface area contributed by atoms with Crippen molar-refractivity contribution < 1.29 is 14.2 Å². The Hall–Kier alpha value is -2.22. The maximum Gasteiger partial charge on any atom is 0.136 e. The molecule has 0 aliphatic heterocycles.